The molecule has 1 aromatic rings. The normalized spacial score (nSPS) is 13.2. The maximum Gasteiger partial charge on any atom is 0.264 e. The number of sulfonamides is 1. The zero-order chi connectivity index (χ0) is 16.2. The topological polar surface area (TPSA) is 63.2 Å². The fraction of sp³-hybridized carbons (Fsp3) is 0.562. The fourth-order valence-electron chi connectivity index (χ4n) is 2.34. The van der Waals surface area contributed by atoms with Crippen LogP contribution in [0.15, 0.2) is 23.1 Å². The van der Waals surface area contributed by atoms with Crippen LogP contribution in [0.4, 0.5) is 0 Å². The van der Waals surface area contributed by atoms with Gasteiger partial charge in [-0.3, -0.25) is 4.79 Å². The molecule has 1 unspecified atom stereocenters. The van der Waals surface area contributed by atoms with Crippen molar-refractivity contribution < 1.29 is 13.2 Å². The van der Waals surface area contributed by atoms with Gasteiger partial charge in [0.25, 0.3) is 10.0 Å². The molecule has 0 spiro atoms. The number of hydrogen-bond acceptors (Lipinski definition) is 3. The number of rotatable bonds is 6. The van der Waals surface area contributed by atoms with E-state index in [2.05, 4.69) is 18.6 Å². The van der Waals surface area contributed by atoms with Crippen LogP contribution < -0.4 is 4.72 Å². The number of benzene rings is 1. The third-order valence-corrected chi connectivity index (χ3v) is 4.82. The fourth-order valence-corrected chi connectivity index (χ4v) is 3.42. The third kappa shape index (κ3) is 5.50. The first-order chi connectivity index (χ1) is 9.61. The molecule has 1 N–H and O–H groups in total. The van der Waals surface area contributed by atoms with Gasteiger partial charge in [-0.1, -0.05) is 26.8 Å². The lowest BCUT2D eigenvalue weighted by atomic mass is 9.96. The van der Waals surface area contributed by atoms with Crippen LogP contribution in [0.25, 0.3) is 0 Å². The van der Waals surface area contributed by atoms with Crippen molar-refractivity contribution in [2.24, 2.45) is 11.8 Å². The van der Waals surface area contributed by atoms with Crippen LogP contribution in [0.3, 0.4) is 0 Å². The van der Waals surface area contributed by atoms with E-state index in [0.717, 1.165) is 17.5 Å². The molecule has 1 atom stereocenters. The second-order valence-corrected chi connectivity index (χ2v) is 7.90. The maximum atomic E-state index is 12.2. The molecule has 0 radical (unpaired) electrons. The molecule has 4 nitrogen and oxygen atoms in total. The quantitative estimate of drug-likeness (QED) is 0.877. The molecule has 1 rings (SSSR count). The highest BCUT2D eigenvalue weighted by atomic mass is 32.2. The van der Waals surface area contributed by atoms with E-state index in [0.29, 0.717) is 5.92 Å². The monoisotopic (exact) mass is 311 g/mol. The standard InChI is InChI=1S/C16H25NO3S/c1-11(2)8-12(3)9-16(18)17-21(19,20)15-7-6-13(4)14(5)10-15/h6-7,10-12H,8-9H2,1-5H3,(H,17,18). The van der Waals surface area contributed by atoms with E-state index in [4.69, 9.17) is 0 Å². The van der Waals surface area contributed by atoms with Gasteiger partial charge in [-0.15, -0.1) is 0 Å². The first kappa shape index (κ1) is 17.7. The SMILES string of the molecule is Cc1ccc(S(=O)(=O)NC(=O)CC(C)CC(C)C)cc1C. The second-order valence-electron chi connectivity index (χ2n) is 6.21. The molecular formula is C16H25NO3S. The lowest BCUT2D eigenvalue weighted by Crippen LogP contribution is -2.31. The summed E-state index contributed by atoms with van der Waals surface area (Å²) in [4.78, 5) is 12.0. The summed E-state index contributed by atoms with van der Waals surface area (Å²) in [5.74, 6) is 0.213. The number of hydrogen-bond donors (Lipinski definition) is 1. The number of aryl methyl sites for hydroxylation is 2. The van der Waals surface area contributed by atoms with Gasteiger partial charge in [0, 0.05) is 6.42 Å². The Morgan fingerprint density at radius 1 is 1.14 bits per heavy atom. The van der Waals surface area contributed by atoms with Gasteiger partial charge in [0.05, 0.1) is 4.90 Å². The predicted molar refractivity (Wildman–Crippen MR) is 84.5 cm³/mol. The van der Waals surface area contributed by atoms with Crippen LogP contribution in [0.2, 0.25) is 0 Å². The Kier molecular flexibility index (Phi) is 5.96. The van der Waals surface area contributed by atoms with E-state index in [-0.39, 0.29) is 17.2 Å². The minimum Gasteiger partial charge on any atom is -0.274 e. The van der Waals surface area contributed by atoms with Gasteiger partial charge in [0.2, 0.25) is 5.91 Å². The molecule has 118 valence electrons. The molecular weight excluding hydrogens is 286 g/mol. The van der Waals surface area contributed by atoms with Crippen molar-refractivity contribution in [3.05, 3.63) is 29.3 Å². The number of carbonyl (C=O) groups is 1. The minimum atomic E-state index is -3.77. The van der Waals surface area contributed by atoms with E-state index in [9.17, 15) is 13.2 Å². The summed E-state index contributed by atoms with van der Waals surface area (Å²) < 4.78 is 26.5. The maximum absolute atomic E-state index is 12.2. The summed E-state index contributed by atoms with van der Waals surface area (Å²) in [6.45, 7) is 9.89. The molecule has 0 saturated carbocycles. The van der Waals surface area contributed by atoms with Crippen molar-refractivity contribution in [2.45, 2.75) is 52.4 Å². The van der Waals surface area contributed by atoms with Gasteiger partial charge in [0.1, 0.15) is 0 Å². The Balaban J connectivity index is 2.76. The van der Waals surface area contributed by atoms with E-state index in [1.165, 1.54) is 6.07 Å². The van der Waals surface area contributed by atoms with Gasteiger partial charge in [-0.05, 0) is 55.4 Å². The molecule has 1 amide bonds. The molecule has 0 aliphatic carbocycles. The minimum absolute atomic E-state index is 0.135. The van der Waals surface area contributed by atoms with Crippen LogP contribution in [-0.4, -0.2) is 14.3 Å². The van der Waals surface area contributed by atoms with Gasteiger partial charge < -0.3 is 0 Å². The summed E-state index contributed by atoms with van der Waals surface area (Å²) in [7, 11) is -3.77. The Morgan fingerprint density at radius 3 is 2.29 bits per heavy atom. The number of carbonyl (C=O) groups excluding carboxylic acids is 1. The molecule has 21 heavy (non-hydrogen) atoms. The van der Waals surface area contributed by atoms with Crippen LogP contribution in [0.1, 0.15) is 44.7 Å². The average molecular weight is 311 g/mol. The van der Waals surface area contributed by atoms with Gasteiger partial charge in [-0.25, -0.2) is 13.1 Å². The molecule has 1 aromatic carbocycles. The molecule has 0 saturated heterocycles. The Labute approximate surface area is 128 Å². The zero-order valence-corrected chi connectivity index (χ0v) is 14.3. The van der Waals surface area contributed by atoms with Gasteiger partial charge >= 0.3 is 0 Å². The van der Waals surface area contributed by atoms with Crippen molar-refractivity contribution in [3.63, 3.8) is 0 Å². The Morgan fingerprint density at radius 2 is 1.76 bits per heavy atom. The lowest BCUT2D eigenvalue weighted by molar-refractivity contribution is -0.120. The first-order valence-corrected chi connectivity index (χ1v) is 8.73. The van der Waals surface area contributed by atoms with E-state index < -0.39 is 15.9 Å². The Hall–Kier alpha value is -1.36. The highest BCUT2D eigenvalue weighted by Crippen LogP contribution is 2.17. The van der Waals surface area contributed by atoms with E-state index >= 15 is 0 Å². The van der Waals surface area contributed by atoms with Crippen molar-refractivity contribution >= 4 is 15.9 Å². The summed E-state index contributed by atoms with van der Waals surface area (Å²) in [5.41, 5.74) is 1.91. The smallest absolute Gasteiger partial charge is 0.264 e. The van der Waals surface area contributed by atoms with Crippen LogP contribution >= 0.6 is 0 Å². The molecule has 0 aromatic heterocycles. The third-order valence-electron chi connectivity index (χ3n) is 3.44. The summed E-state index contributed by atoms with van der Waals surface area (Å²) in [6.07, 6.45) is 1.12. The average Bonchev–Trinajstić information content (AvgIpc) is 2.30. The van der Waals surface area contributed by atoms with Crippen molar-refractivity contribution in [1.82, 2.24) is 4.72 Å². The molecule has 0 aliphatic rings. The highest BCUT2D eigenvalue weighted by Gasteiger charge is 2.19. The van der Waals surface area contributed by atoms with Crippen molar-refractivity contribution in [3.8, 4) is 0 Å². The van der Waals surface area contributed by atoms with Crippen LogP contribution in [0.5, 0.6) is 0 Å². The largest absolute Gasteiger partial charge is 0.274 e. The number of nitrogens with one attached hydrogen (secondary N) is 1. The molecule has 0 heterocycles. The molecule has 5 heteroatoms. The lowest BCUT2D eigenvalue weighted by Gasteiger charge is -2.14. The highest BCUT2D eigenvalue weighted by molar-refractivity contribution is 7.90. The van der Waals surface area contributed by atoms with E-state index in [1.807, 2.05) is 20.8 Å². The predicted octanol–water partition coefficient (Wildman–Crippen LogP) is 3.18. The summed E-state index contributed by atoms with van der Waals surface area (Å²) in [5, 5.41) is 0. The Bertz CT molecular complexity index is 606. The number of amides is 1. The molecule has 0 aliphatic heterocycles. The summed E-state index contributed by atoms with van der Waals surface area (Å²) >= 11 is 0. The molecule has 0 fully saturated rings. The summed E-state index contributed by atoms with van der Waals surface area (Å²) in [6, 6.07) is 4.85. The van der Waals surface area contributed by atoms with Gasteiger partial charge in [-0.2, -0.15) is 0 Å². The van der Waals surface area contributed by atoms with Crippen molar-refractivity contribution in [1.29, 1.82) is 0 Å². The van der Waals surface area contributed by atoms with Crippen LogP contribution in [-0.2, 0) is 14.8 Å². The molecule has 0 bridgehead atoms. The zero-order valence-electron chi connectivity index (χ0n) is 13.4. The second kappa shape index (κ2) is 7.07. The van der Waals surface area contributed by atoms with Crippen LogP contribution in [0, 0.1) is 25.7 Å². The van der Waals surface area contributed by atoms with E-state index in [1.54, 1.807) is 12.1 Å². The van der Waals surface area contributed by atoms with Gasteiger partial charge in [0.15, 0.2) is 0 Å². The first-order valence-electron chi connectivity index (χ1n) is 7.24. The van der Waals surface area contributed by atoms with Crippen molar-refractivity contribution in [2.75, 3.05) is 0 Å².